The Morgan fingerprint density at radius 3 is 2.81 bits per heavy atom. The molecule has 4 nitrogen and oxygen atoms in total. The summed E-state index contributed by atoms with van der Waals surface area (Å²) < 4.78 is 18.3. The SMILES string of the molecule is COc1ccc(C(N)c2cn[nH]c2)cc1F. The maximum atomic E-state index is 13.4. The lowest BCUT2D eigenvalue weighted by Gasteiger charge is -2.11. The number of nitrogens with two attached hydrogens (primary N) is 1. The second-order valence-corrected chi connectivity index (χ2v) is 3.40. The van der Waals surface area contributed by atoms with Crippen molar-refractivity contribution < 1.29 is 9.13 Å². The first kappa shape index (κ1) is 10.6. The van der Waals surface area contributed by atoms with Crippen molar-refractivity contribution in [2.24, 2.45) is 5.73 Å². The first-order chi connectivity index (χ1) is 7.72. The zero-order chi connectivity index (χ0) is 11.5. The first-order valence-corrected chi connectivity index (χ1v) is 4.80. The lowest BCUT2D eigenvalue weighted by Crippen LogP contribution is -2.11. The Hall–Kier alpha value is -1.88. The van der Waals surface area contributed by atoms with Crippen molar-refractivity contribution in [3.8, 4) is 5.75 Å². The number of ether oxygens (including phenoxy) is 1. The summed E-state index contributed by atoms with van der Waals surface area (Å²) in [4.78, 5) is 0. The highest BCUT2D eigenvalue weighted by Gasteiger charge is 2.12. The van der Waals surface area contributed by atoms with E-state index in [1.807, 2.05) is 0 Å². The van der Waals surface area contributed by atoms with E-state index in [0.717, 1.165) is 5.56 Å². The molecule has 0 bridgehead atoms. The highest BCUT2D eigenvalue weighted by atomic mass is 19.1. The van der Waals surface area contributed by atoms with Crippen molar-refractivity contribution in [2.75, 3.05) is 7.11 Å². The van der Waals surface area contributed by atoms with Gasteiger partial charge < -0.3 is 10.5 Å². The summed E-state index contributed by atoms with van der Waals surface area (Å²) in [5.74, 6) is -0.206. The minimum atomic E-state index is -0.418. The minimum Gasteiger partial charge on any atom is -0.494 e. The van der Waals surface area contributed by atoms with Gasteiger partial charge in [-0.3, -0.25) is 5.10 Å². The summed E-state index contributed by atoms with van der Waals surface area (Å²) in [6.07, 6.45) is 3.31. The molecule has 0 saturated carbocycles. The van der Waals surface area contributed by atoms with E-state index in [-0.39, 0.29) is 11.8 Å². The molecule has 0 spiro atoms. The number of halogens is 1. The van der Waals surface area contributed by atoms with Gasteiger partial charge in [0.05, 0.1) is 19.3 Å². The predicted octanol–water partition coefficient (Wildman–Crippen LogP) is 1.61. The van der Waals surface area contributed by atoms with Gasteiger partial charge in [-0.25, -0.2) is 4.39 Å². The van der Waals surface area contributed by atoms with Crippen LogP contribution in [0.4, 0.5) is 4.39 Å². The molecule has 0 fully saturated rings. The highest BCUT2D eigenvalue weighted by molar-refractivity contribution is 5.34. The lowest BCUT2D eigenvalue weighted by molar-refractivity contribution is 0.386. The van der Waals surface area contributed by atoms with Crippen LogP contribution in [-0.4, -0.2) is 17.3 Å². The van der Waals surface area contributed by atoms with Crippen molar-refractivity contribution in [2.45, 2.75) is 6.04 Å². The largest absolute Gasteiger partial charge is 0.494 e. The minimum absolute atomic E-state index is 0.211. The third-order valence-electron chi connectivity index (χ3n) is 2.41. The zero-order valence-corrected chi connectivity index (χ0v) is 8.77. The van der Waals surface area contributed by atoms with E-state index in [4.69, 9.17) is 10.5 Å². The molecule has 2 rings (SSSR count). The summed E-state index contributed by atoms with van der Waals surface area (Å²) in [5.41, 5.74) is 7.44. The molecule has 1 atom stereocenters. The summed E-state index contributed by atoms with van der Waals surface area (Å²) in [7, 11) is 1.42. The number of aromatic nitrogens is 2. The Bertz CT molecular complexity index is 470. The van der Waals surface area contributed by atoms with Crippen LogP contribution in [0, 0.1) is 5.82 Å². The second-order valence-electron chi connectivity index (χ2n) is 3.40. The number of benzene rings is 1. The van der Waals surface area contributed by atoms with E-state index >= 15 is 0 Å². The maximum Gasteiger partial charge on any atom is 0.165 e. The smallest absolute Gasteiger partial charge is 0.165 e. The fraction of sp³-hybridized carbons (Fsp3) is 0.182. The maximum absolute atomic E-state index is 13.4. The van der Waals surface area contributed by atoms with Gasteiger partial charge in [-0.1, -0.05) is 6.07 Å². The number of hydrogen-bond acceptors (Lipinski definition) is 3. The van der Waals surface area contributed by atoms with Gasteiger partial charge in [-0.05, 0) is 17.7 Å². The van der Waals surface area contributed by atoms with Crippen LogP contribution < -0.4 is 10.5 Å². The van der Waals surface area contributed by atoms with Crippen molar-refractivity contribution in [1.29, 1.82) is 0 Å². The van der Waals surface area contributed by atoms with Gasteiger partial charge in [-0.2, -0.15) is 5.10 Å². The molecular weight excluding hydrogens is 209 g/mol. The predicted molar refractivity (Wildman–Crippen MR) is 57.6 cm³/mol. The van der Waals surface area contributed by atoms with Crippen LogP contribution in [0.3, 0.4) is 0 Å². The quantitative estimate of drug-likeness (QED) is 0.827. The Kier molecular flexibility index (Phi) is 2.87. The molecule has 1 aromatic carbocycles. The monoisotopic (exact) mass is 221 g/mol. The summed E-state index contributed by atoms with van der Waals surface area (Å²) >= 11 is 0. The molecule has 3 N–H and O–H groups in total. The van der Waals surface area contributed by atoms with Gasteiger partial charge >= 0.3 is 0 Å². The molecule has 1 unspecified atom stereocenters. The molecule has 0 amide bonds. The van der Waals surface area contributed by atoms with E-state index < -0.39 is 5.82 Å². The van der Waals surface area contributed by atoms with Gasteiger partial charge in [-0.15, -0.1) is 0 Å². The molecule has 0 saturated heterocycles. The van der Waals surface area contributed by atoms with Gasteiger partial charge in [0.15, 0.2) is 11.6 Å². The Balaban J connectivity index is 2.31. The first-order valence-electron chi connectivity index (χ1n) is 4.80. The lowest BCUT2D eigenvalue weighted by atomic mass is 10.0. The van der Waals surface area contributed by atoms with Crippen LogP contribution in [0.25, 0.3) is 0 Å². The van der Waals surface area contributed by atoms with Crippen molar-refractivity contribution in [1.82, 2.24) is 10.2 Å². The van der Waals surface area contributed by atoms with Crippen LogP contribution in [0.2, 0.25) is 0 Å². The van der Waals surface area contributed by atoms with Crippen LogP contribution >= 0.6 is 0 Å². The van der Waals surface area contributed by atoms with E-state index in [1.165, 1.54) is 13.2 Å². The van der Waals surface area contributed by atoms with E-state index in [9.17, 15) is 4.39 Å². The average Bonchev–Trinajstić information content (AvgIpc) is 2.81. The van der Waals surface area contributed by atoms with Crippen LogP contribution in [0.5, 0.6) is 5.75 Å². The number of nitrogens with zero attached hydrogens (tertiary/aromatic N) is 1. The molecule has 1 aromatic heterocycles. The molecule has 0 radical (unpaired) electrons. The summed E-state index contributed by atoms with van der Waals surface area (Å²) in [6, 6.07) is 4.28. The van der Waals surface area contributed by atoms with E-state index in [1.54, 1.807) is 24.5 Å². The number of rotatable bonds is 3. The fourth-order valence-corrected chi connectivity index (χ4v) is 1.50. The Morgan fingerprint density at radius 1 is 1.44 bits per heavy atom. The van der Waals surface area contributed by atoms with Gasteiger partial charge in [0.1, 0.15) is 0 Å². The number of hydrogen-bond donors (Lipinski definition) is 2. The average molecular weight is 221 g/mol. The second kappa shape index (κ2) is 4.32. The molecule has 0 aliphatic rings. The van der Waals surface area contributed by atoms with Crippen molar-refractivity contribution in [3.63, 3.8) is 0 Å². The Morgan fingerprint density at radius 2 is 2.25 bits per heavy atom. The number of methoxy groups -OCH3 is 1. The molecule has 2 aromatic rings. The molecular formula is C11H12FN3O. The molecule has 84 valence electrons. The van der Waals surface area contributed by atoms with Crippen LogP contribution in [-0.2, 0) is 0 Å². The molecule has 1 heterocycles. The standard InChI is InChI=1S/C11H12FN3O/c1-16-10-3-2-7(4-9(10)12)11(13)8-5-14-15-6-8/h2-6,11H,13H2,1H3,(H,14,15). The number of H-pyrrole nitrogens is 1. The number of aromatic amines is 1. The topological polar surface area (TPSA) is 63.9 Å². The van der Waals surface area contributed by atoms with Gasteiger partial charge in [0.2, 0.25) is 0 Å². The Labute approximate surface area is 92.2 Å². The van der Waals surface area contributed by atoms with Crippen LogP contribution in [0.1, 0.15) is 17.2 Å². The van der Waals surface area contributed by atoms with Gasteiger partial charge in [0.25, 0.3) is 0 Å². The third kappa shape index (κ3) is 1.90. The van der Waals surface area contributed by atoms with Crippen molar-refractivity contribution in [3.05, 3.63) is 47.5 Å². The summed E-state index contributed by atoms with van der Waals surface area (Å²) in [5, 5.41) is 6.47. The fourth-order valence-electron chi connectivity index (χ4n) is 1.50. The highest BCUT2D eigenvalue weighted by Crippen LogP contribution is 2.23. The molecule has 5 heteroatoms. The van der Waals surface area contributed by atoms with Crippen molar-refractivity contribution >= 4 is 0 Å². The van der Waals surface area contributed by atoms with Gasteiger partial charge in [0, 0.05) is 11.8 Å². The third-order valence-corrected chi connectivity index (χ3v) is 2.41. The van der Waals surface area contributed by atoms with E-state index in [0.29, 0.717) is 5.56 Å². The molecule has 16 heavy (non-hydrogen) atoms. The number of nitrogens with one attached hydrogen (secondary N) is 1. The molecule has 0 aliphatic carbocycles. The summed E-state index contributed by atoms with van der Waals surface area (Å²) in [6.45, 7) is 0. The van der Waals surface area contributed by atoms with E-state index in [2.05, 4.69) is 10.2 Å². The normalized spacial score (nSPS) is 12.4. The molecule has 0 aliphatic heterocycles. The zero-order valence-electron chi connectivity index (χ0n) is 8.77. The van der Waals surface area contributed by atoms with Crippen LogP contribution in [0.15, 0.2) is 30.6 Å².